The minimum Gasteiger partial charge on any atom is -0.326 e. The van der Waals surface area contributed by atoms with Crippen molar-refractivity contribution in [3.8, 4) is 0 Å². The highest BCUT2D eigenvalue weighted by atomic mass is 19.1. The molecular weight excluding hydrogens is 255 g/mol. The van der Waals surface area contributed by atoms with Crippen LogP contribution in [-0.2, 0) is 17.8 Å². The first-order chi connectivity index (χ1) is 9.61. The van der Waals surface area contributed by atoms with Crippen LogP contribution in [-0.4, -0.2) is 5.91 Å². The fraction of sp³-hybridized carbons (Fsp3) is 0.188. The number of carbonyl (C=O) groups is 1. The molecule has 0 spiro atoms. The van der Waals surface area contributed by atoms with Crippen LogP contribution in [0.5, 0.6) is 0 Å². The van der Waals surface area contributed by atoms with Crippen molar-refractivity contribution in [2.45, 2.75) is 19.9 Å². The summed E-state index contributed by atoms with van der Waals surface area (Å²) in [7, 11) is 0. The largest absolute Gasteiger partial charge is 0.326 e. The quantitative estimate of drug-likeness (QED) is 0.899. The monoisotopic (exact) mass is 272 g/mol. The molecule has 3 nitrogen and oxygen atoms in total. The molecule has 3 N–H and O–H groups in total. The third kappa shape index (κ3) is 3.22. The number of carbonyl (C=O) groups excluding carboxylic acids is 1. The fourth-order valence-corrected chi connectivity index (χ4v) is 2.04. The van der Waals surface area contributed by atoms with E-state index in [0.29, 0.717) is 17.8 Å². The number of halogens is 1. The second-order valence-corrected chi connectivity index (χ2v) is 4.61. The predicted octanol–water partition coefficient (Wildman–Crippen LogP) is 2.77. The molecule has 0 bridgehead atoms. The van der Waals surface area contributed by atoms with Gasteiger partial charge in [-0.1, -0.05) is 30.3 Å². The van der Waals surface area contributed by atoms with E-state index in [1.165, 1.54) is 6.07 Å². The third-order valence-electron chi connectivity index (χ3n) is 3.23. The summed E-state index contributed by atoms with van der Waals surface area (Å²) < 4.78 is 13.4. The minimum atomic E-state index is -0.329. The molecule has 0 radical (unpaired) electrons. The zero-order valence-corrected chi connectivity index (χ0v) is 11.3. The number of hydrogen-bond donors (Lipinski definition) is 2. The van der Waals surface area contributed by atoms with Crippen molar-refractivity contribution in [1.29, 1.82) is 0 Å². The van der Waals surface area contributed by atoms with Gasteiger partial charge in [0.25, 0.3) is 0 Å². The Morgan fingerprint density at radius 2 is 1.85 bits per heavy atom. The molecule has 0 atom stereocenters. The summed E-state index contributed by atoms with van der Waals surface area (Å²) in [5.41, 5.74) is 8.41. The topological polar surface area (TPSA) is 55.1 Å². The Bertz CT molecular complexity index is 626. The number of rotatable bonds is 4. The van der Waals surface area contributed by atoms with E-state index >= 15 is 0 Å². The van der Waals surface area contributed by atoms with Crippen molar-refractivity contribution in [2.75, 3.05) is 5.32 Å². The van der Waals surface area contributed by atoms with Gasteiger partial charge in [-0.3, -0.25) is 4.79 Å². The first-order valence-corrected chi connectivity index (χ1v) is 6.43. The third-order valence-corrected chi connectivity index (χ3v) is 3.23. The Balaban J connectivity index is 2.11. The summed E-state index contributed by atoms with van der Waals surface area (Å²) >= 11 is 0. The van der Waals surface area contributed by atoms with Crippen molar-refractivity contribution in [2.24, 2.45) is 5.73 Å². The Kier molecular flexibility index (Phi) is 4.48. The zero-order valence-electron chi connectivity index (χ0n) is 11.3. The van der Waals surface area contributed by atoms with E-state index < -0.39 is 0 Å². The van der Waals surface area contributed by atoms with Crippen LogP contribution in [0.1, 0.15) is 16.7 Å². The molecule has 0 saturated heterocycles. The SMILES string of the molecule is Cc1c(F)cccc1NC(=O)Cc1ccccc1CN. The summed E-state index contributed by atoms with van der Waals surface area (Å²) in [5, 5.41) is 2.73. The lowest BCUT2D eigenvalue weighted by atomic mass is 10.0. The summed E-state index contributed by atoms with van der Waals surface area (Å²) in [6, 6.07) is 12.2. The highest BCUT2D eigenvalue weighted by Crippen LogP contribution is 2.18. The Morgan fingerprint density at radius 3 is 2.55 bits per heavy atom. The smallest absolute Gasteiger partial charge is 0.228 e. The molecule has 0 aliphatic heterocycles. The van der Waals surface area contributed by atoms with E-state index in [4.69, 9.17) is 5.73 Å². The normalized spacial score (nSPS) is 10.3. The van der Waals surface area contributed by atoms with Gasteiger partial charge in [-0.05, 0) is 30.2 Å². The van der Waals surface area contributed by atoms with Gasteiger partial charge in [0, 0.05) is 17.8 Å². The molecule has 2 aromatic carbocycles. The molecule has 0 heterocycles. The second-order valence-electron chi connectivity index (χ2n) is 4.61. The molecule has 1 amide bonds. The summed E-state index contributed by atoms with van der Waals surface area (Å²) in [6.45, 7) is 2.03. The van der Waals surface area contributed by atoms with Gasteiger partial charge in [0.15, 0.2) is 0 Å². The Hall–Kier alpha value is -2.20. The van der Waals surface area contributed by atoms with Gasteiger partial charge in [-0.2, -0.15) is 0 Å². The number of benzene rings is 2. The van der Waals surface area contributed by atoms with Gasteiger partial charge in [-0.15, -0.1) is 0 Å². The van der Waals surface area contributed by atoms with E-state index in [1.807, 2.05) is 24.3 Å². The standard InChI is InChI=1S/C16H17FN2O/c1-11-14(17)7-4-8-15(11)19-16(20)9-12-5-2-3-6-13(12)10-18/h2-8H,9-10,18H2,1H3,(H,19,20). The molecule has 4 heteroatoms. The van der Waals surface area contributed by atoms with Crippen LogP contribution >= 0.6 is 0 Å². The van der Waals surface area contributed by atoms with Crippen molar-refractivity contribution in [3.63, 3.8) is 0 Å². The number of hydrogen-bond acceptors (Lipinski definition) is 2. The molecule has 0 aliphatic rings. The van der Waals surface area contributed by atoms with Gasteiger partial charge >= 0.3 is 0 Å². The lowest BCUT2D eigenvalue weighted by Crippen LogP contribution is -2.17. The van der Waals surface area contributed by atoms with Crippen LogP contribution in [0, 0.1) is 12.7 Å². The Labute approximate surface area is 117 Å². The number of nitrogens with one attached hydrogen (secondary N) is 1. The Morgan fingerprint density at radius 1 is 1.15 bits per heavy atom. The van der Waals surface area contributed by atoms with Crippen LogP contribution in [0.2, 0.25) is 0 Å². The highest BCUT2D eigenvalue weighted by Gasteiger charge is 2.10. The lowest BCUT2D eigenvalue weighted by molar-refractivity contribution is -0.115. The van der Waals surface area contributed by atoms with E-state index in [-0.39, 0.29) is 18.1 Å². The fourth-order valence-electron chi connectivity index (χ4n) is 2.04. The van der Waals surface area contributed by atoms with Crippen LogP contribution in [0.25, 0.3) is 0 Å². The van der Waals surface area contributed by atoms with Crippen LogP contribution in [0.15, 0.2) is 42.5 Å². The van der Waals surface area contributed by atoms with Gasteiger partial charge in [0.1, 0.15) is 5.82 Å². The zero-order chi connectivity index (χ0) is 14.5. The van der Waals surface area contributed by atoms with Crippen LogP contribution in [0.3, 0.4) is 0 Å². The molecule has 0 unspecified atom stereocenters. The van der Waals surface area contributed by atoms with Crippen LogP contribution in [0.4, 0.5) is 10.1 Å². The summed E-state index contributed by atoms with van der Waals surface area (Å²) in [6.07, 6.45) is 0.226. The number of nitrogens with two attached hydrogens (primary N) is 1. The molecule has 0 fully saturated rings. The number of anilines is 1. The van der Waals surface area contributed by atoms with Crippen molar-refractivity contribution >= 4 is 11.6 Å². The molecular formula is C16H17FN2O. The molecule has 2 rings (SSSR count). The molecule has 0 aliphatic carbocycles. The predicted molar refractivity (Wildman–Crippen MR) is 77.8 cm³/mol. The summed E-state index contributed by atoms with van der Waals surface area (Å²) in [4.78, 5) is 12.0. The van der Waals surface area contributed by atoms with E-state index in [2.05, 4.69) is 5.32 Å². The molecule has 0 saturated carbocycles. The second kappa shape index (κ2) is 6.30. The highest BCUT2D eigenvalue weighted by molar-refractivity contribution is 5.93. The maximum absolute atomic E-state index is 13.4. The van der Waals surface area contributed by atoms with Gasteiger partial charge in [0.2, 0.25) is 5.91 Å². The maximum atomic E-state index is 13.4. The molecule has 0 aromatic heterocycles. The van der Waals surface area contributed by atoms with E-state index in [0.717, 1.165) is 11.1 Å². The van der Waals surface area contributed by atoms with E-state index in [9.17, 15) is 9.18 Å². The first-order valence-electron chi connectivity index (χ1n) is 6.43. The average Bonchev–Trinajstić information content (AvgIpc) is 2.44. The first kappa shape index (κ1) is 14.2. The van der Waals surface area contributed by atoms with Gasteiger partial charge in [0.05, 0.1) is 6.42 Å². The molecule has 2 aromatic rings. The molecule has 104 valence electrons. The van der Waals surface area contributed by atoms with Gasteiger partial charge in [-0.25, -0.2) is 4.39 Å². The van der Waals surface area contributed by atoms with Crippen LogP contribution < -0.4 is 11.1 Å². The minimum absolute atomic E-state index is 0.181. The van der Waals surface area contributed by atoms with Crippen molar-refractivity contribution < 1.29 is 9.18 Å². The average molecular weight is 272 g/mol. The van der Waals surface area contributed by atoms with Gasteiger partial charge < -0.3 is 11.1 Å². The molecule has 20 heavy (non-hydrogen) atoms. The van der Waals surface area contributed by atoms with Crippen molar-refractivity contribution in [1.82, 2.24) is 0 Å². The van der Waals surface area contributed by atoms with E-state index in [1.54, 1.807) is 19.1 Å². The summed E-state index contributed by atoms with van der Waals surface area (Å²) in [5.74, 6) is -0.509. The van der Waals surface area contributed by atoms with Crippen molar-refractivity contribution in [3.05, 3.63) is 65.0 Å². The number of amides is 1. The maximum Gasteiger partial charge on any atom is 0.228 e. The lowest BCUT2D eigenvalue weighted by Gasteiger charge is -2.10.